The van der Waals surface area contributed by atoms with E-state index in [2.05, 4.69) is 14.8 Å². The number of rotatable bonds is 2. The molecule has 2 aliphatic heterocycles. The number of nitrogens with two attached hydrogens (primary N) is 1. The Kier molecular flexibility index (Phi) is 3.11. The van der Waals surface area contributed by atoms with Crippen LogP contribution in [0.1, 0.15) is 49.9 Å². The topological polar surface area (TPSA) is 66.0 Å². The summed E-state index contributed by atoms with van der Waals surface area (Å²) in [5.74, 6) is 2.06. The van der Waals surface area contributed by atoms with Gasteiger partial charge < -0.3 is 10.5 Å². The highest BCUT2D eigenvalue weighted by Gasteiger charge is 2.24. The number of aryl methyl sites for hydroxylation is 1. The summed E-state index contributed by atoms with van der Waals surface area (Å²) in [6.45, 7) is 0.887. The van der Waals surface area contributed by atoms with Crippen molar-refractivity contribution in [2.75, 3.05) is 6.61 Å². The van der Waals surface area contributed by atoms with Crippen molar-refractivity contribution in [3.8, 4) is 0 Å². The average Bonchev–Trinajstić information content (AvgIpc) is 2.75. The van der Waals surface area contributed by atoms with E-state index in [9.17, 15) is 0 Å². The van der Waals surface area contributed by atoms with Crippen molar-refractivity contribution in [1.82, 2.24) is 14.8 Å². The van der Waals surface area contributed by atoms with E-state index in [1.54, 1.807) is 0 Å². The van der Waals surface area contributed by atoms with Crippen molar-refractivity contribution in [3.63, 3.8) is 0 Å². The van der Waals surface area contributed by atoms with Gasteiger partial charge in [0.15, 0.2) is 0 Å². The predicted molar refractivity (Wildman–Crippen MR) is 63.5 cm³/mol. The van der Waals surface area contributed by atoms with Gasteiger partial charge in [0, 0.05) is 19.4 Å². The lowest BCUT2D eigenvalue weighted by molar-refractivity contribution is 0.0148. The summed E-state index contributed by atoms with van der Waals surface area (Å²) < 4.78 is 7.88. The molecule has 1 saturated heterocycles. The maximum absolute atomic E-state index is 6.14. The van der Waals surface area contributed by atoms with E-state index in [4.69, 9.17) is 10.5 Å². The third-order valence-corrected chi connectivity index (χ3v) is 3.75. The molecular weight excluding hydrogens is 216 g/mol. The van der Waals surface area contributed by atoms with Crippen LogP contribution in [-0.2, 0) is 17.6 Å². The fourth-order valence-electron chi connectivity index (χ4n) is 2.82. The molecule has 3 heterocycles. The number of ether oxygens (including phenoxy) is 1. The Morgan fingerprint density at radius 1 is 1.24 bits per heavy atom. The van der Waals surface area contributed by atoms with E-state index in [-0.39, 0.29) is 6.17 Å². The first kappa shape index (κ1) is 11.2. The van der Waals surface area contributed by atoms with Crippen molar-refractivity contribution in [1.29, 1.82) is 0 Å². The SMILES string of the molecule is NC1CCCc2nnc(CC3CCCCO3)n21. The summed E-state index contributed by atoms with van der Waals surface area (Å²) in [5.41, 5.74) is 6.14. The predicted octanol–water partition coefficient (Wildman–Crippen LogP) is 1.18. The van der Waals surface area contributed by atoms with Crippen molar-refractivity contribution in [2.24, 2.45) is 5.73 Å². The number of aromatic nitrogens is 3. The van der Waals surface area contributed by atoms with E-state index in [0.29, 0.717) is 6.10 Å². The molecule has 94 valence electrons. The second-order valence-corrected chi connectivity index (χ2v) is 5.05. The molecule has 1 fully saturated rings. The minimum absolute atomic E-state index is 0.0624. The van der Waals surface area contributed by atoms with Gasteiger partial charge in [-0.25, -0.2) is 0 Å². The van der Waals surface area contributed by atoms with Crippen LogP contribution in [0.5, 0.6) is 0 Å². The molecule has 17 heavy (non-hydrogen) atoms. The molecule has 2 atom stereocenters. The first-order valence-electron chi connectivity index (χ1n) is 6.64. The average molecular weight is 236 g/mol. The van der Waals surface area contributed by atoms with Crippen molar-refractivity contribution >= 4 is 0 Å². The molecule has 2 unspecified atom stereocenters. The van der Waals surface area contributed by atoms with E-state index >= 15 is 0 Å². The second-order valence-electron chi connectivity index (χ2n) is 5.05. The summed E-state index contributed by atoms with van der Waals surface area (Å²) >= 11 is 0. The Balaban J connectivity index is 1.76. The van der Waals surface area contributed by atoms with E-state index in [1.165, 1.54) is 12.8 Å². The molecule has 2 aliphatic rings. The minimum atomic E-state index is 0.0624. The highest BCUT2D eigenvalue weighted by molar-refractivity contribution is 5.02. The molecule has 0 bridgehead atoms. The Morgan fingerprint density at radius 2 is 2.18 bits per heavy atom. The van der Waals surface area contributed by atoms with Crippen LogP contribution in [0, 0.1) is 0 Å². The Morgan fingerprint density at radius 3 is 3.00 bits per heavy atom. The van der Waals surface area contributed by atoms with Gasteiger partial charge in [-0.2, -0.15) is 0 Å². The van der Waals surface area contributed by atoms with Gasteiger partial charge in [-0.1, -0.05) is 0 Å². The van der Waals surface area contributed by atoms with Crippen LogP contribution in [-0.4, -0.2) is 27.5 Å². The maximum Gasteiger partial charge on any atom is 0.136 e. The molecule has 0 saturated carbocycles. The first-order chi connectivity index (χ1) is 8.34. The Bertz CT molecular complexity index is 384. The molecule has 2 N–H and O–H groups in total. The monoisotopic (exact) mass is 236 g/mol. The summed E-state index contributed by atoms with van der Waals surface area (Å²) in [4.78, 5) is 0. The number of nitrogens with zero attached hydrogens (tertiary/aromatic N) is 3. The summed E-state index contributed by atoms with van der Waals surface area (Å²) in [6, 6.07) is 0. The van der Waals surface area contributed by atoms with Gasteiger partial charge in [0.1, 0.15) is 11.6 Å². The summed E-state index contributed by atoms with van der Waals surface area (Å²) in [7, 11) is 0. The van der Waals surface area contributed by atoms with Crippen molar-refractivity contribution in [3.05, 3.63) is 11.6 Å². The Hall–Kier alpha value is -0.940. The molecule has 0 aliphatic carbocycles. The zero-order chi connectivity index (χ0) is 11.7. The summed E-state index contributed by atoms with van der Waals surface area (Å²) in [6.07, 6.45) is 7.98. The highest BCUT2D eigenvalue weighted by Crippen LogP contribution is 2.23. The van der Waals surface area contributed by atoms with Gasteiger partial charge in [-0.15, -0.1) is 10.2 Å². The molecular formula is C12H20N4O. The van der Waals surface area contributed by atoms with Crippen LogP contribution in [0.4, 0.5) is 0 Å². The number of fused-ring (bicyclic) bond motifs is 1. The quantitative estimate of drug-likeness (QED) is 0.837. The largest absolute Gasteiger partial charge is 0.378 e. The van der Waals surface area contributed by atoms with Gasteiger partial charge in [-0.3, -0.25) is 4.57 Å². The molecule has 1 aromatic heterocycles. The van der Waals surface area contributed by atoms with Crippen LogP contribution < -0.4 is 5.73 Å². The van der Waals surface area contributed by atoms with E-state index in [0.717, 1.165) is 50.4 Å². The fourth-order valence-corrected chi connectivity index (χ4v) is 2.82. The van der Waals surface area contributed by atoms with Crippen LogP contribution in [0.3, 0.4) is 0 Å². The lowest BCUT2D eigenvalue weighted by Gasteiger charge is -2.25. The van der Waals surface area contributed by atoms with Gasteiger partial charge in [0.25, 0.3) is 0 Å². The Labute approximate surface area is 101 Å². The molecule has 0 amide bonds. The molecule has 0 radical (unpaired) electrons. The normalized spacial score (nSPS) is 29.0. The lowest BCUT2D eigenvalue weighted by atomic mass is 10.1. The van der Waals surface area contributed by atoms with Crippen LogP contribution in [0.25, 0.3) is 0 Å². The van der Waals surface area contributed by atoms with Gasteiger partial charge in [0.2, 0.25) is 0 Å². The van der Waals surface area contributed by atoms with E-state index in [1.807, 2.05) is 0 Å². The first-order valence-corrected chi connectivity index (χ1v) is 6.64. The van der Waals surface area contributed by atoms with E-state index < -0.39 is 0 Å². The molecule has 3 rings (SSSR count). The highest BCUT2D eigenvalue weighted by atomic mass is 16.5. The van der Waals surface area contributed by atoms with Gasteiger partial charge >= 0.3 is 0 Å². The van der Waals surface area contributed by atoms with Crippen molar-refractivity contribution in [2.45, 2.75) is 57.2 Å². The molecule has 1 aromatic rings. The standard InChI is InChI=1S/C12H20N4O/c13-10-5-3-6-11-14-15-12(16(10)11)8-9-4-1-2-7-17-9/h9-10H,1-8,13H2. The second kappa shape index (κ2) is 4.74. The smallest absolute Gasteiger partial charge is 0.136 e. The fraction of sp³-hybridized carbons (Fsp3) is 0.833. The zero-order valence-corrected chi connectivity index (χ0v) is 10.1. The van der Waals surface area contributed by atoms with Crippen LogP contribution in [0.15, 0.2) is 0 Å². The molecule has 5 nitrogen and oxygen atoms in total. The van der Waals surface area contributed by atoms with Crippen molar-refractivity contribution < 1.29 is 4.74 Å². The minimum Gasteiger partial charge on any atom is -0.378 e. The number of hydrogen-bond acceptors (Lipinski definition) is 4. The third-order valence-electron chi connectivity index (χ3n) is 3.75. The molecule has 5 heteroatoms. The maximum atomic E-state index is 6.14. The molecule has 0 aromatic carbocycles. The zero-order valence-electron chi connectivity index (χ0n) is 10.1. The lowest BCUT2D eigenvalue weighted by Crippen LogP contribution is -2.29. The van der Waals surface area contributed by atoms with Gasteiger partial charge in [0.05, 0.1) is 12.3 Å². The summed E-state index contributed by atoms with van der Waals surface area (Å²) in [5, 5.41) is 8.55. The van der Waals surface area contributed by atoms with Crippen LogP contribution >= 0.6 is 0 Å². The third kappa shape index (κ3) is 2.21. The van der Waals surface area contributed by atoms with Gasteiger partial charge in [-0.05, 0) is 32.1 Å². The van der Waals surface area contributed by atoms with Crippen LogP contribution in [0.2, 0.25) is 0 Å². The molecule has 0 spiro atoms. The number of hydrogen-bond donors (Lipinski definition) is 1.